The van der Waals surface area contributed by atoms with Crippen LogP contribution in [0.15, 0.2) is 23.2 Å². The van der Waals surface area contributed by atoms with Gasteiger partial charge in [0.15, 0.2) is 0 Å². The first-order valence-corrected chi connectivity index (χ1v) is 7.49. The average molecular weight is 272 g/mol. The molecular weight excluding hydrogens is 248 g/mol. The van der Waals surface area contributed by atoms with Gasteiger partial charge in [0.25, 0.3) is 0 Å². The molecule has 0 aliphatic carbocycles. The van der Waals surface area contributed by atoms with E-state index in [1.807, 2.05) is 12.1 Å². The first-order chi connectivity index (χ1) is 9.68. The maximum Gasteiger partial charge on any atom is 0.121 e. The lowest BCUT2D eigenvalue weighted by Crippen LogP contribution is -1.98. The van der Waals surface area contributed by atoms with E-state index in [1.54, 1.807) is 0 Å². The molecule has 20 heavy (non-hydrogen) atoms. The van der Waals surface area contributed by atoms with Crippen LogP contribution < -0.4 is 0 Å². The van der Waals surface area contributed by atoms with Gasteiger partial charge in [-0.1, -0.05) is 50.5 Å². The highest BCUT2D eigenvalue weighted by atomic mass is 15.3. The standard InChI is InChI=1S/C16H24N4/c1-12(2)8-5-4-6-11-17-13(3)14-9-7-10-15-16(14)19-20-18-15/h7,9-10,12H,4-6,8,11H2,1-3H3,(H,18,19,20). The Labute approximate surface area is 120 Å². The SMILES string of the molecule is CC(=NCCCCCC(C)C)c1cccc2[nH]nnc12. The first-order valence-electron chi connectivity index (χ1n) is 7.49. The van der Waals surface area contributed by atoms with E-state index < -0.39 is 0 Å². The number of aliphatic imine (C=N–C) groups is 1. The summed E-state index contributed by atoms with van der Waals surface area (Å²) in [6, 6.07) is 6.06. The van der Waals surface area contributed by atoms with Gasteiger partial charge in [-0.25, -0.2) is 0 Å². The molecule has 0 unspecified atom stereocenters. The Kier molecular flexibility index (Phi) is 5.27. The van der Waals surface area contributed by atoms with E-state index in [4.69, 9.17) is 0 Å². The van der Waals surface area contributed by atoms with Crippen LogP contribution in [0.5, 0.6) is 0 Å². The zero-order valence-corrected chi connectivity index (χ0v) is 12.7. The summed E-state index contributed by atoms with van der Waals surface area (Å²) in [5, 5.41) is 10.9. The van der Waals surface area contributed by atoms with Crippen molar-refractivity contribution in [3.05, 3.63) is 23.8 Å². The predicted octanol–water partition coefficient (Wildman–Crippen LogP) is 3.98. The topological polar surface area (TPSA) is 53.9 Å². The van der Waals surface area contributed by atoms with E-state index in [1.165, 1.54) is 25.7 Å². The second-order valence-corrected chi connectivity index (χ2v) is 5.72. The van der Waals surface area contributed by atoms with Crippen LogP contribution >= 0.6 is 0 Å². The number of aromatic nitrogens is 3. The van der Waals surface area contributed by atoms with Crippen molar-refractivity contribution in [2.45, 2.75) is 46.5 Å². The minimum atomic E-state index is 0.810. The number of rotatable bonds is 7. The van der Waals surface area contributed by atoms with Crippen LogP contribution in [0.2, 0.25) is 0 Å². The zero-order valence-electron chi connectivity index (χ0n) is 12.7. The molecule has 0 radical (unpaired) electrons. The van der Waals surface area contributed by atoms with Crippen molar-refractivity contribution in [3.8, 4) is 0 Å². The Morgan fingerprint density at radius 1 is 1.25 bits per heavy atom. The van der Waals surface area contributed by atoms with Crippen molar-refractivity contribution in [1.82, 2.24) is 15.4 Å². The third-order valence-electron chi connectivity index (χ3n) is 3.53. The lowest BCUT2D eigenvalue weighted by molar-refractivity contribution is 0.529. The number of unbranched alkanes of at least 4 members (excludes halogenated alkanes) is 2. The van der Waals surface area contributed by atoms with Crippen LogP contribution in [0, 0.1) is 5.92 Å². The number of benzene rings is 1. The molecule has 108 valence electrons. The Morgan fingerprint density at radius 3 is 2.90 bits per heavy atom. The molecule has 0 atom stereocenters. The molecule has 0 saturated heterocycles. The normalized spacial score (nSPS) is 12.5. The van der Waals surface area contributed by atoms with E-state index in [0.717, 1.165) is 34.8 Å². The number of H-pyrrole nitrogens is 1. The second kappa shape index (κ2) is 7.17. The smallest absolute Gasteiger partial charge is 0.121 e. The average Bonchev–Trinajstić information content (AvgIpc) is 2.90. The summed E-state index contributed by atoms with van der Waals surface area (Å²) in [6.07, 6.45) is 5.06. The molecule has 0 saturated carbocycles. The van der Waals surface area contributed by atoms with Crippen LogP contribution in [-0.4, -0.2) is 27.7 Å². The fraction of sp³-hybridized carbons (Fsp3) is 0.562. The first kappa shape index (κ1) is 14.7. The fourth-order valence-corrected chi connectivity index (χ4v) is 2.34. The third-order valence-corrected chi connectivity index (χ3v) is 3.53. The monoisotopic (exact) mass is 272 g/mol. The van der Waals surface area contributed by atoms with Crippen molar-refractivity contribution in [3.63, 3.8) is 0 Å². The molecule has 2 aromatic rings. The number of nitrogens with zero attached hydrogens (tertiary/aromatic N) is 3. The Morgan fingerprint density at radius 2 is 2.10 bits per heavy atom. The molecular formula is C16H24N4. The minimum Gasteiger partial charge on any atom is -0.289 e. The minimum absolute atomic E-state index is 0.810. The van der Waals surface area contributed by atoms with Crippen molar-refractivity contribution in [2.75, 3.05) is 6.54 Å². The maximum atomic E-state index is 4.68. The third kappa shape index (κ3) is 3.89. The molecule has 1 aromatic heterocycles. The lowest BCUT2D eigenvalue weighted by atomic mass is 10.1. The maximum absolute atomic E-state index is 4.68. The highest BCUT2D eigenvalue weighted by Crippen LogP contribution is 2.15. The van der Waals surface area contributed by atoms with Crippen LogP contribution in [-0.2, 0) is 0 Å². The van der Waals surface area contributed by atoms with E-state index in [-0.39, 0.29) is 0 Å². The molecule has 1 heterocycles. The van der Waals surface area contributed by atoms with E-state index in [0.29, 0.717) is 0 Å². The van der Waals surface area contributed by atoms with Gasteiger partial charge in [-0.3, -0.25) is 10.1 Å². The summed E-state index contributed by atoms with van der Waals surface area (Å²) < 4.78 is 0. The van der Waals surface area contributed by atoms with E-state index >= 15 is 0 Å². The van der Waals surface area contributed by atoms with Gasteiger partial charge in [-0.15, -0.1) is 5.10 Å². The van der Waals surface area contributed by atoms with E-state index in [2.05, 4.69) is 47.2 Å². The van der Waals surface area contributed by atoms with Crippen LogP contribution in [0.3, 0.4) is 0 Å². The quantitative estimate of drug-likeness (QED) is 0.612. The molecule has 0 bridgehead atoms. The molecule has 1 aromatic carbocycles. The summed E-state index contributed by atoms with van der Waals surface area (Å²) in [5.41, 5.74) is 4.01. The van der Waals surface area contributed by atoms with Crippen molar-refractivity contribution >= 4 is 16.7 Å². The molecule has 0 amide bonds. The summed E-state index contributed by atoms with van der Waals surface area (Å²) in [6.45, 7) is 7.51. The van der Waals surface area contributed by atoms with Crippen LogP contribution in [0.25, 0.3) is 11.0 Å². The van der Waals surface area contributed by atoms with Gasteiger partial charge >= 0.3 is 0 Å². The fourth-order valence-electron chi connectivity index (χ4n) is 2.34. The van der Waals surface area contributed by atoms with Gasteiger partial charge < -0.3 is 0 Å². The number of hydrogen-bond donors (Lipinski definition) is 1. The summed E-state index contributed by atoms with van der Waals surface area (Å²) in [4.78, 5) is 4.68. The molecule has 4 nitrogen and oxygen atoms in total. The summed E-state index contributed by atoms with van der Waals surface area (Å²) in [5.74, 6) is 0.810. The molecule has 0 aliphatic rings. The Balaban J connectivity index is 1.89. The van der Waals surface area contributed by atoms with Crippen LogP contribution in [0.4, 0.5) is 0 Å². The van der Waals surface area contributed by atoms with Gasteiger partial charge in [-0.05, 0) is 25.3 Å². The van der Waals surface area contributed by atoms with Gasteiger partial charge in [0.05, 0.1) is 5.52 Å². The van der Waals surface area contributed by atoms with Gasteiger partial charge in [-0.2, -0.15) is 0 Å². The molecule has 0 aliphatic heterocycles. The summed E-state index contributed by atoms with van der Waals surface area (Å²) in [7, 11) is 0. The highest BCUT2D eigenvalue weighted by molar-refractivity contribution is 6.07. The van der Waals surface area contributed by atoms with Crippen LogP contribution in [0.1, 0.15) is 52.0 Å². The van der Waals surface area contributed by atoms with Gasteiger partial charge in [0.1, 0.15) is 5.52 Å². The molecule has 0 spiro atoms. The number of fused-ring (bicyclic) bond motifs is 1. The molecule has 1 N–H and O–H groups in total. The second-order valence-electron chi connectivity index (χ2n) is 5.72. The van der Waals surface area contributed by atoms with E-state index in [9.17, 15) is 0 Å². The highest BCUT2D eigenvalue weighted by Gasteiger charge is 2.06. The molecule has 2 rings (SSSR count). The largest absolute Gasteiger partial charge is 0.289 e. The number of nitrogens with one attached hydrogen (secondary N) is 1. The lowest BCUT2D eigenvalue weighted by Gasteiger charge is -2.04. The van der Waals surface area contributed by atoms with Crippen molar-refractivity contribution < 1.29 is 0 Å². The van der Waals surface area contributed by atoms with Gasteiger partial charge in [0, 0.05) is 17.8 Å². The Hall–Kier alpha value is -1.71. The predicted molar refractivity (Wildman–Crippen MR) is 84.3 cm³/mol. The number of aromatic amines is 1. The Bertz CT molecular complexity index is 569. The van der Waals surface area contributed by atoms with Crippen molar-refractivity contribution in [1.29, 1.82) is 0 Å². The zero-order chi connectivity index (χ0) is 14.4. The molecule has 0 fully saturated rings. The summed E-state index contributed by atoms with van der Waals surface area (Å²) >= 11 is 0. The van der Waals surface area contributed by atoms with Crippen molar-refractivity contribution in [2.24, 2.45) is 10.9 Å². The molecule has 4 heteroatoms. The number of hydrogen-bond acceptors (Lipinski definition) is 3. The van der Waals surface area contributed by atoms with Gasteiger partial charge in [0.2, 0.25) is 0 Å².